The van der Waals surface area contributed by atoms with E-state index >= 15 is 0 Å². The van der Waals surface area contributed by atoms with Gasteiger partial charge in [0, 0.05) is 0 Å². The largest absolute Gasteiger partial charge is 0.510 e. The van der Waals surface area contributed by atoms with Crippen molar-refractivity contribution in [2.24, 2.45) is 0 Å². The highest BCUT2D eigenvalue weighted by Crippen LogP contribution is 2.34. The first-order valence-corrected chi connectivity index (χ1v) is 4.76. The molecule has 0 radical (unpaired) electrons. The number of amides is 1. The predicted octanol–water partition coefficient (Wildman–Crippen LogP) is 2.90. The Morgan fingerprint density at radius 1 is 1.24 bits per heavy atom. The van der Waals surface area contributed by atoms with Gasteiger partial charge < -0.3 is 15.2 Å². The highest BCUT2D eigenvalue weighted by molar-refractivity contribution is 5.69. The van der Waals surface area contributed by atoms with Gasteiger partial charge in [0.1, 0.15) is 11.4 Å². The molecule has 0 rings (SSSR count). The van der Waals surface area contributed by atoms with Gasteiger partial charge in [0.2, 0.25) is 0 Å². The fraction of sp³-hybridized carbons (Fsp3) is 0.700. The predicted molar refractivity (Wildman–Crippen MR) is 55.6 cm³/mol. The van der Waals surface area contributed by atoms with E-state index in [1.165, 1.54) is 20.8 Å². The van der Waals surface area contributed by atoms with Crippen molar-refractivity contribution in [3.05, 3.63) is 12.3 Å². The molecule has 0 aliphatic heterocycles. The smallest absolute Gasteiger partial charge is 0.418 e. The van der Waals surface area contributed by atoms with E-state index in [0.29, 0.717) is 6.92 Å². The highest BCUT2D eigenvalue weighted by Gasteiger charge is 2.55. The topological polar surface area (TPSA) is 58.6 Å². The molecule has 0 aliphatic carbocycles. The zero-order valence-electron chi connectivity index (χ0n) is 10.1. The molecule has 0 fully saturated rings. The molecule has 4 nitrogen and oxygen atoms in total. The van der Waals surface area contributed by atoms with Gasteiger partial charge in [-0.05, 0) is 27.7 Å². The molecule has 7 heteroatoms. The Bertz CT molecular complexity index is 320. The van der Waals surface area contributed by atoms with Crippen LogP contribution in [0, 0.1) is 0 Å². The van der Waals surface area contributed by atoms with E-state index in [1.54, 1.807) is 5.32 Å². The molecule has 0 saturated heterocycles. The molecular weight excluding hydrogens is 239 g/mol. The molecule has 0 aromatic rings. The molecule has 1 amide bonds. The summed E-state index contributed by atoms with van der Waals surface area (Å²) in [5.74, 6) is -1.21. The molecule has 0 aromatic carbocycles. The summed E-state index contributed by atoms with van der Waals surface area (Å²) >= 11 is 0. The van der Waals surface area contributed by atoms with Crippen molar-refractivity contribution in [1.82, 2.24) is 5.32 Å². The molecule has 0 spiro atoms. The van der Waals surface area contributed by atoms with Crippen molar-refractivity contribution in [3.8, 4) is 0 Å². The molecule has 0 bridgehead atoms. The second kappa shape index (κ2) is 4.46. The summed E-state index contributed by atoms with van der Waals surface area (Å²) in [6.07, 6.45) is -6.16. The number of hydrogen-bond donors (Lipinski definition) is 2. The van der Waals surface area contributed by atoms with Gasteiger partial charge in [-0.1, -0.05) is 6.58 Å². The molecule has 2 N–H and O–H groups in total. The Kier molecular flexibility index (Phi) is 4.09. The fourth-order valence-electron chi connectivity index (χ4n) is 0.814. The Morgan fingerprint density at radius 2 is 1.65 bits per heavy atom. The number of aliphatic hydroxyl groups excluding tert-OH is 1. The summed E-state index contributed by atoms with van der Waals surface area (Å²) in [5.41, 5.74) is -3.87. The summed E-state index contributed by atoms with van der Waals surface area (Å²) in [5, 5.41) is 10.5. The second-order valence-corrected chi connectivity index (χ2v) is 4.70. The lowest BCUT2D eigenvalue weighted by Gasteiger charge is -2.32. The normalized spacial score (nSPS) is 15.9. The van der Waals surface area contributed by atoms with Gasteiger partial charge >= 0.3 is 12.3 Å². The van der Waals surface area contributed by atoms with Gasteiger partial charge in [-0.3, -0.25) is 0 Å². The maximum atomic E-state index is 12.7. The van der Waals surface area contributed by atoms with Crippen molar-refractivity contribution in [2.45, 2.75) is 45.0 Å². The van der Waals surface area contributed by atoms with Gasteiger partial charge in [-0.2, -0.15) is 13.2 Å². The monoisotopic (exact) mass is 255 g/mol. The van der Waals surface area contributed by atoms with E-state index < -0.39 is 29.2 Å². The summed E-state index contributed by atoms with van der Waals surface area (Å²) in [7, 11) is 0. The zero-order chi connectivity index (χ0) is 14.1. The number of carbonyl (C=O) groups excluding carboxylic acids is 1. The first-order chi connectivity index (χ1) is 7.29. The minimum atomic E-state index is -4.88. The molecule has 100 valence electrons. The van der Waals surface area contributed by atoms with E-state index in [-0.39, 0.29) is 0 Å². The number of halogens is 3. The molecule has 0 aromatic heterocycles. The van der Waals surface area contributed by atoms with E-state index in [4.69, 9.17) is 5.11 Å². The van der Waals surface area contributed by atoms with Crippen LogP contribution in [0.2, 0.25) is 0 Å². The minimum Gasteiger partial charge on any atom is -0.510 e. The molecule has 0 heterocycles. The van der Waals surface area contributed by atoms with Gasteiger partial charge in [0.25, 0.3) is 0 Å². The maximum Gasteiger partial charge on any atom is 0.418 e. The van der Waals surface area contributed by atoms with Crippen LogP contribution in [0.15, 0.2) is 12.3 Å². The first kappa shape index (κ1) is 15.6. The summed E-state index contributed by atoms with van der Waals surface area (Å²) in [4.78, 5) is 11.2. The van der Waals surface area contributed by atoms with Crippen LogP contribution in [0.4, 0.5) is 18.0 Å². The Balaban J connectivity index is 4.93. The maximum absolute atomic E-state index is 12.7. The number of alkyl carbamates (subject to hydrolysis) is 1. The van der Waals surface area contributed by atoms with E-state index in [1.807, 2.05) is 0 Å². The summed E-state index contributed by atoms with van der Waals surface area (Å²) in [6.45, 7) is 7.92. The van der Waals surface area contributed by atoms with Gasteiger partial charge in [0.15, 0.2) is 5.54 Å². The SMILES string of the molecule is C=C(O)[C@@](C)(NC(=O)OC(C)(C)C)C(F)(F)F. The number of rotatable bonds is 2. The van der Waals surface area contributed by atoms with E-state index in [0.717, 1.165) is 0 Å². The lowest BCUT2D eigenvalue weighted by Crippen LogP contribution is -2.58. The third-order valence-electron chi connectivity index (χ3n) is 1.90. The van der Waals surface area contributed by atoms with E-state index in [9.17, 15) is 18.0 Å². The highest BCUT2D eigenvalue weighted by atomic mass is 19.4. The van der Waals surface area contributed by atoms with Gasteiger partial charge in [-0.25, -0.2) is 4.79 Å². The van der Waals surface area contributed by atoms with Crippen LogP contribution in [0.5, 0.6) is 0 Å². The first-order valence-electron chi connectivity index (χ1n) is 4.76. The number of hydrogen-bond acceptors (Lipinski definition) is 3. The average Bonchev–Trinajstić information content (AvgIpc) is 1.96. The van der Waals surface area contributed by atoms with Crippen molar-refractivity contribution in [3.63, 3.8) is 0 Å². The standard InChI is InChI=1S/C10H16F3NO3/c1-6(15)9(5,10(11,12)13)14-7(16)17-8(2,3)4/h15H,1H2,2-5H3,(H,14,16)/t9-/m1/s1. The quantitative estimate of drug-likeness (QED) is 0.746. The molecule has 0 saturated carbocycles. The van der Waals surface area contributed by atoms with Crippen molar-refractivity contribution in [2.75, 3.05) is 0 Å². The molecule has 1 atom stereocenters. The number of nitrogens with one attached hydrogen (secondary N) is 1. The summed E-state index contributed by atoms with van der Waals surface area (Å²) in [6, 6.07) is 0. The lowest BCUT2D eigenvalue weighted by atomic mass is 10.0. The number of carbonyl (C=O) groups is 1. The van der Waals surface area contributed by atoms with Crippen LogP contribution in [0.25, 0.3) is 0 Å². The molecule has 17 heavy (non-hydrogen) atoms. The zero-order valence-corrected chi connectivity index (χ0v) is 10.1. The van der Waals surface area contributed by atoms with Crippen LogP contribution in [0.1, 0.15) is 27.7 Å². The third kappa shape index (κ3) is 4.16. The number of alkyl halides is 3. The number of ether oxygens (including phenoxy) is 1. The van der Waals surface area contributed by atoms with Crippen molar-refractivity contribution < 1.29 is 27.8 Å². The summed E-state index contributed by atoms with van der Waals surface area (Å²) < 4.78 is 42.6. The molecular formula is C10H16F3NO3. The van der Waals surface area contributed by atoms with Crippen molar-refractivity contribution in [1.29, 1.82) is 0 Å². The van der Waals surface area contributed by atoms with Crippen LogP contribution >= 0.6 is 0 Å². The third-order valence-corrected chi connectivity index (χ3v) is 1.90. The van der Waals surface area contributed by atoms with Gasteiger partial charge in [0.05, 0.1) is 0 Å². The number of aliphatic hydroxyl groups is 1. The average molecular weight is 255 g/mol. The molecule has 0 unspecified atom stereocenters. The van der Waals surface area contributed by atoms with Crippen LogP contribution in [-0.4, -0.2) is 28.5 Å². The Labute approximate surface area is 97.4 Å². The second-order valence-electron chi connectivity index (χ2n) is 4.70. The van der Waals surface area contributed by atoms with E-state index in [2.05, 4.69) is 11.3 Å². The molecule has 0 aliphatic rings. The fourth-order valence-corrected chi connectivity index (χ4v) is 0.814. The minimum absolute atomic E-state index is 0.596. The Morgan fingerprint density at radius 3 is 1.88 bits per heavy atom. The van der Waals surface area contributed by atoms with Crippen LogP contribution < -0.4 is 5.32 Å². The lowest BCUT2D eigenvalue weighted by molar-refractivity contribution is -0.186. The van der Waals surface area contributed by atoms with Crippen LogP contribution in [-0.2, 0) is 4.74 Å². The van der Waals surface area contributed by atoms with Gasteiger partial charge in [-0.15, -0.1) is 0 Å². The van der Waals surface area contributed by atoms with Crippen LogP contribution in [0.3, 0.4) is 0 Å². The van der Waals surface area contributed by atoms with Crippen molar-refractivity contribution >= 4 is 6.09 Å². The Hall–Kier alpha value is -1.40.